The molecule has 0 unspecified atom stereocenters. The molecule has 1 aliphatic heterocycles. The molecule has 1 N–H and O–H groups in total. The molecular weight excluding hydrogens is 302 g/mol. The molecule has 4 nitrogen and oxygen atoms in total. The number of pyridine rings is 1. The van der Waals surface area contributed by atoms with Crippen LogP contribution in [-0.4, -0.2) is 47.3 Å². The number of aromatic nitrogens is 1. The van der Waals surface area contributed by atoms with Crippen LogP contribution in [-0.2, 0) is 11.3 Å². The molecule has 0 atom stereocenters. The molecule has 2 rings (SSSR count). The largest absolute Gasteiger partial charge is 0.383 e. The van der Waals surface area contributed by atoms with Crippen LogP contribution in [0.2, 0.25) is 0 Å². The molecule has 2 heterocycles. The molecule has 0 spiro atoms. The van der Waals surface area contributed by atoms with E-state index < -0.39 is 24.3 Å². The van der Waals surface area contributed by atoms with Gasteiger partial charge in [0.1, 0.15) is 0 Å². The van der Waals surface area contributed by atoms with Gasteiger partial charge in [-0.2, -0.15) is 8.78 Å². The summed E-state index contributed by atoms with van der Waals surface area (Å²) in [4.78, 5) is 17.3. The van der Waals surface area contributed by atoms with Crippen LogP contribution in [0, 0.1) is 0 Å². The molecule has 1 aliphatic rings. The zero-order valence-electron chi connectivity index (χ0n) is 11.8. The molecule has 0 aliphatic carbocycles. The Morgan fingerprint density at radius 1 is 1.41 bits per heavy atom. The Hall–Kier alpha value is -1.70. The van der Waals surface area contributed by atoms with Crippen molar-refractivity contribution in [1.29, 1.82) is 0 Å². The summed E-state index contributed by atoms with van der Waals surface area (Å²) in [5.74, 6) is -6.53. The third-order valence-corrected chi connectivity index (χ3v) is 3.63. The van der Waals surface area contributed by atoms with Crippen LogP contribution in [0.25, 0.3) is 0 Å². The van der Waals surface area contributed by atoms with Crippen molar-refractivity contribution in [3.8, 4) is 0 Å². The Kier molecular flexibility index (Phi) is 5.33. The first-order chi connectivity index (χ1) is 10.4. The number of rotatable bonds is 5. The van der Waals surface area contributed by atoms with Crippen molar-refractivity contribution in [3.63, 3.8) is 0 Å². The highest BCUT2D eigenvalue weighted by molar-refractivity contribution is 5.84. The number of halogens is 4. The first kappa shape index (κ1) is 16.7. The molecular formula is C14H17F4N3O. The fraction of sp³-hybridized carbons (Fsp3) is 0.571. The first-order valence-electron chi connectivity index (χ1n) is 6.98. The van der Waals surface area contributed by atoms with Crippen molar-refractivity contribution in [2.75, 3.05) is 13.1 Å². The molecule has 0 saturated carbocycles. The summed E-state index contributed by atoms with van der Waals surface area (Å²) in [5.41, 5.74) is 1.04. The molecule has 122 valence electrons. The number of carbonyl (C=O) groups excluding carboxylic acids is 1. The van der Waals surface area contributed by atoms with Gasteiger partial charge in [0.25, 0.3) is 5.91 Å². The summed E-state index contributed by atoms with van der Waals surface area (Å²) in [7, 11) is 0. The number of nitrogens with zero attached hydrogens (tertiary/aromatic N) is 2. The molecule has 0 radical (unpaired) electrons. The predicted molar refractivity (Wildman–Crippen MR) is 71.6 cm³/mol. The fourth-order valence-electron chi connectivity index (χ4n) is 2.37. The van der Waals surface area contributed by atoms with E-state index in [1.54, 1.807) is 12.4 Å². The van der Waals surface area contributed by atoms with E-state index in [9.17, 15) is 22.4 Å². The van der Waals surface area contributed by atoms with E-state index in [0.717, 1.165) is 5.56 Å². The minimum Gasteiger partial charge on any atom is -0.348 e. The lowest BCUT2D eigenvalue weighted by Crippen LogP contribution is -2.51. The second-order valence-electron chi connectivity index (χ2n) is 5.31. The van der Waals surface area contributed by atoms with Crippen LogP contribution in [0.15, 0.2) is 24.5 Å². The topological polar surface area (TPSA) is 45.2 Å². The summed E-state index contributed by atoms with van der Waals surface area (Å²) in [6.07, 6.45) is 0.334. The van der Waals surface area contributed by atoms with Crippen LogP contribution in [0.5, 0.6) is 0 Å². The number of hydrogen-bond acceptors (Lipinski definition) is 3. The van der Waals surface area contributed by atoms with Gasteiger partial charge in [0.05, 0.1) is 0 Å². The van der Waals surface area contributed by atoms with Gasteiger partial charge < -0.3 is 5.32 Å². The molecule has 1 fully saturated rings. The summed E-state index contributed by atoms with van der Waals surface area (Å²) in [6.45, 7) is 1.88. The number of alkyl halides is 4. The third kappa shape index (κ3) is 4.16. The zero-order chi connectivity index (χ0) is 16.2. The quantitative estimate of drug-likeness (QED) is 0.845. The van der Waals surface area contributed by atoms with Crippen LogP contribution in [0.3, 0.4) is 0 Å². The highest BCUT2D eigenvalue weighted by Gasteiger charge is 2.49. The Morgan fingerprint density at radius 3 is 2.64 bits per heavy atom. The van der Waals surface area contributed by atoms with Crippen LogP contribution in [0.1, 0.15) is 18.4 Å². The van der Waals surface area contributed by atoms with Gasteiger partial charge in [0.15, 0.2) is 0 Å². The van der Waals surface area contributed by atoms with E-state index in [1.807, 2.05) is 17.4 Å². The van der Waals surface area contributed by atoms with Crippen molar-refractivity contribution in [3.05, 3.63) is 30.1 Å². The summed E-state index contributed by atoms with van der Waals surface area (Å²) >= 11 is 0. The summed E-state index contributed by atoms with van der Waals surface area (Å²) in [5, 5.41) is 2.02. The predicted octanol–water partition coefficient (Wildman–Crippen LogP) is 2.06. The number of amides is 1. The maximum atomic E-state index is 12.9. The molecule has 0 aromatic carbocycles. The van der Waals surface area contributed by atoms with Gasteiger partial charge in [-0.1, -0.05) is 6.07 Å². The van der Waals surface area contributed by atoms with Gasteiger partial charge in [-0.05, 0) is 24.5 Å². The number of piperidine rings is 1. The minimum absolute atomic E-state index is 0.450. The third-order valence-electron chi connectivity index (χ3n) is 3.63. The number of carbonyl (C=O) groups is 1. The van der Waals surface area contributed by atoms with Crippen LogP contribution < -0.4 is 5.32 Å². The maximum Gasteiger partial charge on any atom is 0.383 e. The molecule has 22 heavy (non-hydrogen) atoms. The highest BCUT2D eigenvalue weighted by atomic mass is 19.3. The lowest BCUT2D eigenvalue weighted by molar-refractivity contribution is -0.170. The van der Waals surface area contributed by atoms with E-state index in [0.29, 0.717) is 32.5 Å². The Balaban J connectivity index is 1.79. The van der Waals surface area contributed by atoms with E-state index in [4.69, 9.17) is 0 Å². The Morgan fingerprint density at radius 2 is 2.09 bits per heavy atom. The van der Waals surface area contributed by atoms with Gasteiger partial charge in [0, 0.05) is 38.1 Å². The van der Waals surface area contributed by atoms with Crippen LogP contribution in [0.4, 0.5) is 17.6 Å². The SMILES string of the molecule is O=C(NC1CCN(Cc2cccnc2)CC1)C(F)(F)C(F)F. The van der Waals surface area contributed by atoms with Gasteiger partial charge in [0.2, 0.25) is 0 Å². The zero-order valence-corrected chi connectivity index (χ0v) is 11.8. The van der Waals surface area contributed by atoms with E-state index in [2.05, 4.69) is 9.88 Å². The van der Waals surface area contributed by atoms with Crippen molar-refractivity contribution in [1.82, 2.24) is 15.2 Å². The Labute approximate surface area is 125 Å². The molecule has 1 amide bonds. The van der Waals surface area contributed by atoms with Crippen molar-refractivity contribution in [2.45, 2.75) is 37.8 Å². The normalized spacial score (nSPS) is 17.7. The molecule has 1 aromatic rings. The smallest absolute Gasteiger partial charge is 0.348 e. The van der Waals surface area contributed by atoms with E-state index >= 15 is 0 Å². The number of likely N-dealkylation sites (tertiary alicyclic amines) is 1. The maximum absolute atomic E-state index is 12.9. The highest BCUT2D eigenvalue weighted by Crippen LogP contribution is 2.24. The molecule has 8 heteroatoms. The first-order valence-corrected chi connectivity index (χ1v) is 6.98. The lowest BCUT2D eigenvalue weighted by atomic mass is 10.0. The van der Waals surface area contributed by atoms with E-state index in [-0.39, 0.29) is 0 Å². The van der Waals surface area contributed by atoms with Crippen molar-refractivity contribution >= 4 is 5.91 Å². The van der Waals surface area contributed by atoms with Crippen LogP contribution >= 0.6 is 0 Å². The lowest BCUT2D eigenvalue weighted by Gasteiger charge is -2.32. The monoisotopic (exact) mass is 319 g/mol. The molecule has 1 aromatic heterocycles. The van der Waals surface area contributed by atoms with Gasteiger partial charge in [-0.15, -0.1) is 0 Å². The summed E-state index contributed by atoms with van der Waals surface area (Å²) in [6, 6.07) is 3.26. The van der Waals surface area contributed by atoms with Crippen molar-refractivity contribution < 1.29 is 22.4 Å². The van der Waals surface area contributed by atoms with Gasteiger partial charge >= 0.3 is 12.3 Å². The van der Waals surface area contributed by atoms with Crippen molar-refractivity contribution in [2.24, 2.45) is 0 Å². The standard InChI is InChI=1S/C14H17F4N3O/c15-12(16)14(17,18)13(22)20-11-3-6-21(7-4-11)9-10-2-1-5-19-8-10/h1-2,5,8,11-12H,3-4,6-7,9H2,(H,20,22). The summed E-state index contributed by atoms with van der Waals surface area (Å²) < 4.78 is 50.0. The number of nitrogens with one attached hydrogen (secondary N) is 1. The Bertz CT molecular complexity index is 490. The minimum atomic E-state index is -4.63. The second-order valence-corrected chi connectivity index (χ2v) is 5.31. The van der Waals surface area contributed by atoms with E-state index in [1.165, 1.54) is 0 Å². The number of hydrogen-bond donors (Lipinski definition) is 1. The van der Waals surface area contributed by atoms with Gasteiger partial charge in [-0.3, -0.25) is 14.7 Å². The molecule has 0 bridgehead atoms. The fourth-order valence-corrected chi connectivity index (χ4v) is 2.37. The molecule has 1 saturated heterocycles. The average Bonchev–Trinajstić information content (AvgIpc) is 2.50. The van der Waals surface area contributed by atoms with Gasteiger partial charge in [-0.25, -0.2) is 8.78 Å². The average molecular weight is 319 g/mol. The second kappa shape index (κ2) is 7.04.